The molecule has 2 aromatic carbocycles. The first kappa shape index (κ1) is 23.2. The van der Waals surface area contributed by atoms with Gasteiger partial charge in [-0.1, -0.05) is 24.3 Å². The molecule has 168 valence electrons. The zero-order valence-electron chi connectivity index (χ0n) is 18.1. The van der Waals surface area contributed by atoms with Crippen molar-refractivity contribution in [2.75, 3.05) is 37.9 Å². The van der Waals surface area contributed by atoms with Gasteiger partial charge in [0.25, 0.3) is 5.91 Å². The lowest BCUT2D eigenvalue weighted by atomic mass is 10.3. The quantitative estimate of drug-likeness (QED) is 0.483. The van der Waals surface area contributed by atoms with Crippen LogP contribution in [0.1, 0.15) is 21.7 Å². The summed E-state index contributed by atoms with van der Waals surface area (Å²) in [6.45, 7) is 3.19. The molecule has 1 aromatic heterocycles. The molecular formula is C22H25N5O4S. The normalized spacial score (nSPS) is 10.6. The Labute approximate surface area is 190 Å². The molecule has 0 saturated carbocycles. The van der Waals surface area contributed by atoms with Crippen molar-refractivity contribution in [2.45, 2.75) is 13.5 Å². The van der Waals surface area contributed by atoms with E-state index in [1.165, 1.54) is 11.3 Å². The van der Waals surface area contributed by atoms with Crippen LogP contribution in [0.15, 0.2) is 48.5 Å². The number of anilines is 2. The van der Waals surface area contributed by atoms with Crippen molar-refractivity contribution in [3.05, 3.63) is 58.5 Å². The molecule has 0 aliphatic rings. The van der Waals surface area contributed by atoms with Gasteiger partial charge in [-0.05, 0) is 42.9 Å². The number of ether oxygens (including phenoxy) is 2. The topological polar surface area (TPSA) is 106 Å². The molecule has 3 aromatic rings. The molecule has 0 aliphatic heterocycles. The molecule has 0 fully saturated rings. The summed E-state index contributed by atoms with van der Waals surface area (Å²) in [4.78, 5) is 26.8. The fraction of sp³-hybridized carbons (Fsp3) is 0.273. The lowest BCUT2D eigenvalue weighted by Gasteiger charge is -2.18. The van der Waals surface area contributed by atoms with Crippen molar-refractivity contribution in [1.29, 1.82) is 0 Å². The minimum Gasteiger partial charge on any atom is -0.497 e. The predicted octanol–water partition coefficient (Wildman–Crippen LogP) is 3.27. The highest BCUT2D eigenvalue weighted by molar-refractivity contribution is 7.13. The van der Waals surface area contributed by atoms with Crippen LogP contribution in [0.2, 0.25) is 0 Å². The van der Waals surface area contributed by atoms with Gasteiger partial charge in [-0.25, -0.2) is 0 Å². The van der Waals surface area contributed by atoms with Crippen molar-refractivity contribution in [2.24, 2.45) is 0 Å². The van der Waals surface area contributed by atoms with E-state index in [0.29, 0.717) is 41.0 Å². The summed E-state index contributed by atoms with van der Waals surface area (Å²) in [5, 5.41) is 14.7. The third-order valence-corrected chi connectivity index (χ3v) is 5.44. The summed E-state index contributed by atoms with van der Waals surface area (Å²) >= 11 is 1.20. The Morgan fingerprint density at radius 3 is 2.41 bits per heavy atom. The molecule has 9 nitrogen and oxygen atoms in total. The van der Waals surface area contributed by atoms with Crippen molar-refractivity contribution >= 4 is 34.5 Å². The van der Waals surface area contributed by atoms with Gasteiger partial charge >= 0.3 is 0 Å². The molecule has 0 unspecified atom stereocenters. The number of nitrogens with one attached hydrogen (secondary N) is 2. The molecule has 0 saturated heterocycles. The van der Waals surface area contributed by atoms with Crippen LogP contribution >= 0.6 is 11.3 Å². The summed E-state index contributed by atoms with van der Waals surface area (Å²) in [5.41, 5.74) is 1.30. The Hall–Kier alpha value is -3.50. The maximum absolute atomic E-state index is 12.4. The van der Waals surface area contributed by atoms with Crippen molar-refractivity contribution in [3.63, 3.8) is 0 Å². The number of likely N-dealkylation sites (N-methyl/N-ethyl adjacent to an activating group) is 1. The number of carbonyl (C=O) groups excluding carboxylic acids is 2. The molecule has 0 bridgehead atoms. The van der Waals surface area contributed by atoms with E-state index in [1.807, 2.05) is 24.0 Å². The van der Waals surface area contributed by atoms with Crippen molar-refractivity contribution < 1.29 is 19.1 Å². The first-order valence-corrected chi connectivity index (χ1v) is 10.8. The number of nitrogens with zero attached hydrogens (tertiary/aromatic N) is 3. The number of hydrogen-bond donors (Lipinski definition) is 2. The number of carbonyl (C=O) groups is 2. The van der Waals surface area contributed by atoms with E-state index >= 15 is 0 Å². The van der Waals surface area contributed by atoms with Crippen LogP contribution in [0.4, 0.5) is 11.4 Å². The maximum atomic E-state index is 12.4. The number of rotatable bonds is 10. The van der Waals surface area contributed by atoms with E-state index in [0.717, 1.165) is 0 Å². The van der Waals surface area contributed by atoms with Gasteiger partial charge in [-0.15, -0.1) is 10.2 Å². The average molecular weight is 456 g/mol. The summed E-state index contributed by atoms with van der Waals surface area (Å²) in [7, 11) is 3.16. The highest BCUT2D eigenvalue weighted by atomic mass is 32.1. The molecule has 0 aliphatic carbocycles. The SMILES string of the molecule is CCN(CC(=O)Nc1cccc(OC)c1)Cc1nnc(C(=O)Nc2ccc(OC)cc2)s1. The fourth-order valence-corrected chi connectivity index (χ4v) is 3.62. The molecule has 1 heterocycles. The van der Waals surface area contributed by atoms with Crippen LogP contribution in [-0.2, 0) is 11.3 Å². The third-order valence-electron chi connectivity index (χ3n) is 4.54. The summed E-state index contributed by atoms with van der Waals surface area (Å²) in [5.74, 6) is 0.889. The minimum absolute atomic E-state index is 0.151. The highest BCUT2D eigenvalue weighted by Crippen LogP contribution is 2.19. The van der Waals surface area contributed by atoms with Crippen LogP contribution in [0, 0.1) is 0 Å². The number of hydrogen-bond acceptors (Lipinski definition) is 8. The van der Waals surface area contributed by atoms with Gasteiger partial charge in [0.15, 0.2) is 0 Å². The van der Waals surface area contributed by atoms with Crippen LogP contribution in [0.25, 0.3) is 0 Å². The van der Waals surface area contributed by atoms with Crippen molar-refractivity contribution in [3.8, 4) is 11.5 Å². The van der Waals surface area contributed by atoms with E-state index in [1.54, 1.807) is 50.6 Å². The van der Waals surface area contributed by atoms with E-state index in [4.69, 9.17) is 9.47 Å². The van der Waals surface area contributed by atoms with E-state index in [9.17, 15) is 9.59 Å². The number of amides is 2. The molecule has 2 amide bonds. The molecule has 0 spiro atoms. The fourth-order valence-electron chi connectivity index (χ4n) is 2.84. The van der Waals surface area contributed by atoms with Gasteiger partial charge in [0.05, 0.1) is 27.3 Å². The van der Waals surface area contributed by atoms with Crippen LogP contribution < -0.4 is 20.1 Å². The Bertz CT molecular complexity index is 1050. The molecule has 3 rings (SSSR count). The van der Waals surface area contributed by atoms with Gasteiger partial charge in [0.2, 0.25) is 10.9 Å². The second-order valence-corrected chi connectivity index (χ2v) is 7.83. The highest BCUT2D eigenvalue weighted by Gasteiger charge is 2.17. The van der Waals surface area contributed by atoms with Gasteiger partial charge in [-0.3, -0.25) is 14.5 Å². The predicted molar refractivity (Wildman–Crippen MR) is 123 cm³/mol. The van der Waals surface area contributed by atoms with Crippen LogP contribution in [0.5, 0.6) is 11.5 Å². The molecule has 0 atom stereocenters. The zero-order chi connectivity index (χ0) is 22.9. The van der Waals surface area contributed by atoms with Gasteiger partial charge in [0.1, 0.15) is 16.5 Å². The number of benzene rings is 2. The van der Waals surface area contributed by atoms with E-state index in [2.05, 4.69) is 20.8 Å². The van der Waals surface area contributed by atoms with Gasteiger partial charge in [-0.2, -0.15) is 0 Å². The van der Waals surface area contributed by atoms with Gasteiger partial charge < -0.3 is 20.1 Å². The first-order valence-electron chi connectivity index (χ1n) is 9.94. The summed E-state index contributed by atoms with van der Waals surface area (Å²) < 4.78 is 10.3. The number of methoxy groups -OCH3 is 2. The zero-order valence-corrected chi connectivity index (χ0v) is 18.9. The van der Waals surface area contributed by atoms with Gasteiger partial charge in [0, 0.05) is 17.4 Å². The smallest absolute Gasteiger partial charge is 0.286 e. The first-order chi connectivity index (χ1) is 15.5. The molecule has 0 radical (unpaired) electrons. The standard InChI is InChI=1S/C22H25N5O4S/c1-4-27(13-19(28)23-16-6-5-7-18(12-16)31-3)14-20-25-26-22(32-20)21(29)24-15-8-10-17(30-2)11-9-15/h5-12H,4,13-14H2,1-3H3,(H,23,28)(H,24,29). The molecule has 32 heavy (non-hydrogen) atoms. The summed E-state index contributed by atoms with van der Waals surface area (Å²) in [6.07, 6.45) is 0. The average Bonchev–Trinajstić information content (AvgIpc) is 3.28. The van der Waals surface area contributed by atoms with Crippen LogP contribution in [0.3, 0.4) is 0 Å². The monoisotopic (exact) mass is 455 g/mol. The van der Waals surface area contributed by atoms with E-state index in [-0.39, 0.29) is 23.4 Å². The second kappa shape index (κ2) is 11.2. The second-order valence-electron chi connectivity index (χ2n) is 6.77. The Morgan fingerprint density at radius 2 is 1.72 bits per heavy atom. The maximum Gasteiger partial charge on any atom is 0.286 e. The lowest BCUT2D eigenvalue weighted by molar-refractivity contribution is -0.117. The van der Waals surface area contributed by atoms with Crippen LogP contribution in [-0.4, -0.2) is 54.2 Å². The van der Waals surface area contributed by atoms with E-state index < -0.39 is 0 Å². The molecular weight excluding hydrogens is 430 g/mol. The van der Waals surface area contributed by atoms with Crippen molar-refractivity contribution in [1.82, 2.24) is 15.1 Å². The summed E-state index contributed by atoms with van der Waals surface area (Å²) in [6, 6.07) is 14.2. The molecule has 10 heteroatoms. The Morgan fingerprint density at radius 1 is 0.969 bits per heavy atom. The molecule has 2 N–H and O–H groups in total. The number of aromatic nitrogens is 2. The lowest BCUT2D eigenvalue weighted by Crippen LogP contribution is -2.32. The Kier molecular flexibility index (Phi) is 8.12. The largest absolute Gasteiger partial charge is 0.497 e. The third kappa shape index (κ3) is 6.50. The Balaban J connectivity index is 1.54. The minimum atomic E-state index is -0.335.